The van der Waals surface area contributed by atoms with E-state index in [0.717, 1.165) is 33.7 Å². The smallest absolute Gasteiger partial charge is 0.165 e. The number of imidazole rings is 1. The van der Waals surface area contributed by atoms with Gasteiger partial charge in [-0.3, -0.25) is 9.67 Å². The molecule has 1 aromatic carbocycles. The van der Waals surface area contributed by atoms with Crippen molar-refractivity contribution in [2.24, 2.45) is 7.05 Å². The molecule has 1 N–H and O–H groups in total. The van der Waals surface area contributed by atoms with E-state index in [1.165, 1.54) is 0 Å². The zero-order chi connectivity index (χ0) is 19.6. The van der Waals surface area contributed by atoms with Gasteiger partial charge >= 0.3 is 0 Å². The van der Waals surface area contributed by atoms with Crippen molar-refractivity contribution in [2.45, 2.75) is 6.54 Å². The van der Waals surface area contributed by atoms with Crippen LogP contribution >= 0.6 is 0 Å². The molecule has 0 aliphatic heterocycles. The lowest BCUT2D eigenvalue weighted by Gasteiger charge is -2.13. The number of nitrogens with zero attached hydrogens (tertiary/aromatic N) is 7. The summed E-state index contributed by atoms with van der Waals surface area (Å²) in [6.07, 6.45) is 10.8. The second kappa shape index (κ2) is 7.16. The van der Waals surface area contributed by atoms with E-state index in [9.17, 15) is 0 Å². The summed E-state index contributed by atoms with van der Waals surface area (Å²) in [7, 11) is 1.88. The third-order valence-corrected chi connectivity index (χ3v) is 4.73. The molecule has 0 unspecified atom stereocenters. The second-order valence-corrected chi connectivity index (χ2v) is 6.60. The van der Waals surface area contributed by atoms with Crippen molar-refractivity contribution in [1.82, 2.24) is 34.3 Å². The van der Waals surface area contributed by atoms with Crippen molar-refractivity contribution in [1.29, 1.82) is 0 Å². The highest BCUT2D eigenvalue weighted by molar-refractivity contribution is 5.88. The lowest BCUT2D eigenvalue weighted by Crippen LogP contribution is -2.07. The molecule has 0 saturated carbocycles. The van der Waals surface area contributed by atoms with E-state index < -0.39 is 0 Å². The molecule has 29 heavy (non-hydrogen) atoms. The van der Waals surface area contributed by atoms with Gasteiger partial charge in [0.2, 0.25) is 0 Å². The molecular weight excluding hydrogens is 364 g/mol. The highest BCUT2D eigenvalue weighted by Gasteiger charge is 2.13. The first-order valence-corrected chi connectivity index (χ1v) is 9.20. The van der Waals surface area contributed by atoms with Crippen LogP contribution < -0.4 is 5.32 Å². The normalized spacial score (nSPS) is 11.1. The van der Waals surface area contributed by atoms with Crippen molar-refractivity contribution in [3.8, 4) is 17.1 Å². The van der Waals surface area contributed by atoms with Crippen LogP contribution in [-0.2, 0) is 13.6 Å². The van der Waals surface area contributed by atoms with Crippen LogP contribution in [-0.4, -0.2) is 34.3 Å². The number of rotatable bonds is 5. The number of aryl methyl sites for hydroxylation is 1. The molecule has 0 saturated heterocycles. The largest absolute Gasteiger partial charge is 0.365 e. The van der Waals surface area contributed by atoms with Crippen molar-refractivity contribution in [3.63, 3.8) is 0 Å². The predicted octanol–water partition coefficient (Wildman–Crippen LogP) is 3.22. The zero-order valence-electron chi connectivity index (χ0n) is 15.8. The molecule has 5 aromatic rings. The van der Waals surface area contributed by atoms with Crippen molar-refractivity contribution < 1.29 is 0 Å². The van der Waals surface area contributed by atoms with Crippen LogP contribution in [0.15, 0.2) is 73.7 Å². The molecule has 4 heterocycles. The molecule has 8 heteroatoms. The fourth-order valence-corrected chi connectivity index (χ4v) is 3.27. The van der Waals surface area contributed by atoms with Gasteiger partial charge in [-0.25, -0.2) is 15.0 Å². The molecule has 0 aliphatic carbocycles. The summed E-state index contributed by atoms with van der Waals surface area (Å²) in [5.41, 5.74) is 3.83. The minimum atomic E-state index is 0.599. The first kappa shape index (κ1) is 17.1. The summed E-state index contributed by atoms with van der Waals surface area (Å²) in [6, 6.07) is 12.0. The monoisotopic (exact) mass is 382 g/mol. The van der Waals surface area contributed by atoms with E-state index >= 15 is 0 Å². The molecule has 0 amide bonds. The number of benzene rings is 1. The van der Waals surface area contributed by atoms with Gasteiger partial charge in [0.1, 0.15) is 5.82 Å². The molecule has 0 atom stereocenters. The van der Waals surface area contributed by atoms with E-state index in [2.05, 4.69) is 37.5 Å². The van der Waals surface area contributed by atoms with Gasteiger partial charge in [0.25, 0.3) is 0 Å². The van der Waals surface area contributed by atoms with Crippen LogP contribution in [0.3, 0.4) is 0 Å². The summed E-state index contributed by atoms with van der Waals surface area (Å²) in [4.78, 5) is 17.8. The standard InChI is InChI=1S/C21H18N8/c1-28-21-17(13-25-28)20(26-19(27-21)16-6-4-8-22-11-16)24-12-15-5-2-3-7-18(15)29-10-9-23-14-29/h2-11,13-14H,12H2,1H3,(H,24,26,27). The number of hydrogen-bond acceptors (Lipinski definition) is 6. The summed E-state index contributed by atoms with van der Waals surface area (Å²) in [6.45, 7) is 0.599. The Labute approximate surface area is 166 Å². The molecule has 5 rings (SSSR count). The maximum Gasteiger partial charge on any atom is 0.165 e. The Morgan fingerprint density at radius 2 is 1.90 bits per heavy atom. The average molecular weight is 382 g/mol. The Kier molecular flexibility index (Phi) is 4.21. The lowest BCUT2D eigenvalue weighted by atomic mass is 10.1. The van der Waals surface area contributed by atoms with E-state index in [0.29, 0.717) is 12.4 Å². The summed E-state index contributed by atoms with van der Waals surface area (Å²) in [5.74, 6) is 1.35. The quantitative estimate of drug-likeness (QED) is 0.502. The molecule has 0 spiro atoms. The van der Waals surface area contributed by atoms with Crippen molar-refractivity contribution in [2.75, 3.05) is 5.32 Å². The van der Waals surface area contributed by atoms with E-state index in [4.69, 9.17) is 4.98 Å². The number of nitrogens with one attached hydrogen (secondary N) is 1. The van der Waals surface area contributed by atoms with Crippen LogP contribution in [0, 0.1) is 0 Å². The van der Waals surface area contributed by atoms with Crippen LogP contribution in [0.25, 0.3) is 28.1 Å². The van der Waals surface area contributed by atoms with Crippen LogP contribution in [0.1, 0.15) is 5.56 Å². The lowest BCUT2D eigenvalue weighted by molar-refractivity contribution is 0.786. The van der Waals surface area contributed by atoms with Crippen molar-refractivity contribution in [3.05, 3.63) is 79.3 Å². The van der Waals surface area contributed by atoms with E-state index in [-0.39, 0.29) is 0 Å². The van der Waals surface area contributed by atoms with Gasteiger partial charge in [-0.15, -0.1) is 0 Å². The number of aromatic nitrogens is 7. The van der Waals surface area contributed by atoms with Crippen LogP contribution in [0.4, 0.5) is 5.82 Å². The molecule has 0 fully saturated rings. The zero-order valence-corrected chi connectivity index (χ0v) is 15.8. The number of fused-ring (bicyclic) bond motifs is 1. The second-order valence-electron chi connectivity index (χ2n) is 6.60. The molecular formula is C21H18N8. The average Bonchev–Trinajstić information content (AvgIpc) is 3.43. The van der Waals surface area contributed by atoms with Gasteiger partial charge < -0.3 is 9.88 Å². The summed E-state index contributed by atoms with van der Waals surface area (Å²) in [5, 5.41) is 8.70. The van der Waals surface area contributed by atoms with E-state index in [1.54, 1.807) is 35.8 Å². The molecule has 0 radical (unpaired) electrons. The fraction of sp³-hybridized carbons (Fsp3) is 0.0952. The molecule has 0 bridgehead atoms. The van der Waals surface area contributed by atoms with Gasteiger partial charge in [-0.2, -0.15) is 5.10 Å². The van der Waals surface area contributed by atoms with Crippen molar-refractivity contribution >= 4 is 16.9 Å². The molecule has 0 aliphatic rings. The number of para-hydroxylation sites is 1. The SMILES string of the molecule is Cn1ncc2c(NCc3ccccc3-n3ccnc3)nc(-c3cccnc3)nc21. The first-order chi connectivity index (χ1) is 14.3. The predicted molar refractivity (Wildman–Crippen MR) is 110 cm³/mol. The number of hydrogen-bond donors (Lipinski definition) is 1. The number of pyridine rings is 1. The third kappa shape index (κ3) is 3.20. The highest BCUT2D eigenvalue weighted by Crippen LogP contribution is 2.25. The summed E-state index contributed by atoms with van der Waals surface area (Å²) < 4.78 is 3.75. The molecule has 8 nitrogen and oxygen atoms in total. The minimum Gasteiger partial charge on any atom is -0.365 e. The Bertz CT molecular complexity index is 1260. The van der Waals surface area contributed by atoms with Crippen LogP contribution in [0.2, 0.25) is 0 Å². The Morgan fingerprint density at radius 3 is 2.72 bits per heavy atom. The minimum absolute atomic E-state index is 0.599. The Balaban J connectivity index is 1.53. The topological polar surface area (TPSA) is 86.3 Å². The highest BCUT2D eigenvalue weighted by atomic mass is 15.3. The van der Waals surface area contributed by atoms with Gasteiger partial charge in [0.15, 0.2) is 11.5 Å². The molecule has 142 valence electrons. The van der Waals surface area contributed by atoms with Crippen LogP contribution in [0.5, 0.6) is 0 Å². The maximum atomic E-state index is 4.76. The Hall–Kier alpha value is -4.07. The van der Waals surface area contributed by atoms with Gasteiger partial charge in [0.05, 0.1) is 23.6 Å². The fourth-order valence-electron chi connectivity index (χ4n) is 3.27. The molecule has 4 aromatic heterocycles. The maximum absolute atomic E-state index is 4.76. The first-order valence-electron chi connectivity index (χ1n) is 9.20. The summed E-state index contributed by atoms with van der Waals surface area (Å²) >= 11 is 0. The van der Waals surface area contributed by atoms with Gasteiger partial charge in [0, 0.05) is 43.9 Å². The Morgan fingerprint density at radius 1 is 0.966 bits per heavy atom. The third-order valence-electron chi connectivity index (χ3n) is 4.73. The number of anilines is 1. The van der Waals surface area contributed by atoms with Gasteiger partial charge in [-0.1, -0.05) is 18.2 Å². The van der Waals surface area contributed by atoms with Gasteiger partial charge in [-0.05, 0) is 23.8 Å². The van der Waals surface area contributed by atoms with E-state index in [1.807, 2.05) is 42.1 Å².